The first kappa shape index (κ1) is 12.1. The Hall–Kier alpha value is -0.940. The van der Waals surface area contributed by atoms with E-state index in [4.69, 9.17) is 0 Å². The Morgan fingerprint density at radius 3 is 2.13 bits per heavy atom. The van der Waals surface area contributed by atoms with E-state index in [9.17, 15) is 17.9 Å². The molecule has 3 nitrogen and oxygen atoms in total. The maximum absolute atomic E-state index is 12.6. The van der Waals surface area contributed by atoms with Crippen molar-refractivity contribution in [1.82, 2.24) is 0 Å². The average Bonchev–Trinajstić information content (AvgIpc) is 2.15. The van der Waals surface area contributed by atoms with Crippen molar-refractivity contribution >= 4 is 9.84 Å². The monoisotopic (exact) mass is 232 g/mol. The van der Waals surface area contributed by atoms with Crippen LogP contribution >= 0.6 is 0 Å². The minimum absolute atomic E-state index is 0.398. The number of benzene rings is 1. The fraction of sp³-hybridized carbons (Fsp3) is 0.400. The van der Waals surface area contributed by atoms with Crippen molar-refractivity contribution in [3.05, 3.63) is 35.6 Å². The van der Waals surface area contributed by atoms with Crippen LogP contribution in [0, 0.1) is 5.82 Å². The summed E-state index contributed by atoms with van der Waals surface area (Å²) >= 11 is 0. The van der Waals surface area contributed by atoms with E-state index in [1.807, 2.05) is 0 Å². The van der Waals surface area contributed by atoms with Gasteiger partial charge in [0.1, 0.15) is 5.82 Å². The zero-order valence-electron chi connectivity index (χ0n) is 8.51. The third kappa shape index (κ3) is 3.00. The van der Waals surface area contributed by atoms with E-state index in [2.05, 4.69) is 0 Å². The summed E-state index contributed by atoms with van der Waals surface area (Å²) in [5.74, 6) is -0.419. The van der Waals surface area contributed by atoms with Crippen LogP contribution in [0.2, 0.25) is 0 Å². The Bertz CT molecular complexity index is 424. The molecule has 0 aromatic heterocycles. The minimum Gasteiger partial charge on any atom is -0.387 e. The lowest BCUT2D eigenvalue weighted by atomic mass is 10.1. The number of hydrogen-bond acceptors (Lipinski definition) is 3. The Morgan fingerprint density at radius 2 is 1.73 bits per heavy atom. The standard InChI is InChI=1S/C10H13FO3S/c1-7(15(2,13)14)10(12)8-3-5-9(11)6-4-8/h3-7,10,12H,1-2H3/t7-,10+/m1/s1. The quantitative estimate of drug-likeness (QED) is 0.854. The molecule has 0 amide bonds. The fourth-order valence-electron chi connectivity index (χ4n) is 1.17. The van der Waals surface area contributed by atoms with Gasteiger partial charge in [0.05, 0.1) is 11.4 Å². The average molecular weight is 232 g/mol. The highest BCUT2D eigenvalue weighted by molar-refractivity contribution is 7.91. The van der Waals surface area contributed by atoms with Gasteiger partial charge in [0.2, 0.25) is 0 Å². The molecule has 1 aromatic carbocycles. The summed E-state index contributed by atoms with van der Waals surface area (Å²) < 4.78 is 34.9. The van der Waals surface area contributed by atoms with Gasteiger partial charge >= 0.3 is 0 Å². The molecule has 1 rings (SSSR count). The van der Waals surface area contributed by atoms with Gasteiger partial charge in [-0.05, 0) is 24.6 Å². The van der Waals surface area contributed by atoms with Gasteiger partial charge in [-0.2, -0.15) is 0 Å². The number of halogens is 1. The molecule has 0 bridgehead atoms. The van der Waals surface area contributed by atoms with E-state index in [1.54, 1.807) is 0 Å². The van der Waals surface area contributed by atoms with Crippen LogP contribution in [0.1, 0.15) is 18.6 Å². The summed E-state index contributed by atoms with van der Waals surface area (Å²) in [5, 5.41) is 8.81. The lowest BCUT2D eigenvalue weighted by Gasteiger charge is -2.17. The second-order valence-electron chi connectivity index (χ2n) is 3.53. The molecule has 0 saturated carbocycles. The van der Waals surface area contributed by atoms with Gasteiger partial charge < -0.3 is 5.11 Å². The SMILES string of the molecule is C[C@H]([C@H](O)c1ccc(F)cc1)S(C)(=O)=O. The summed E-state index contributed by atoms with van der Waals surface area (Å²) in [6.07, 6.45) is -0.0645. The molecule has 0 aliphatic heterocycles. The number of aliphatic hydroxyl groups excluding tert-OH is 1. The molecule has 84 valence electrons. The van der Waals surface area contributed by atoms with E-state index in [0.29, 0.717) is 5.56 Å². The van der Waals surface area contributed by atoms with Gasteiger partial charge in [-0.3, -0.25) is 0 Å². The van der Waals surface area contributed by atoms with Crippen LogP contribution in [0.3, 0.4) is 0 Å². The molecular weight excluding hydrogens is 219 g/mol. The van der Waals surface area contributed by atoms with Crippen LogP contribution in [-0.2, 0) is 9.84 Å². The van der Waals surface area contributed by atoms with Crippen molar-refractivity contribution in [2.75, 3.05) is 6.26 Å². The van der Waals surface area contributed by atoms with Gasteiger partial charge in [-0.25, -0.2) is 12.8 Å². The molecule has 0 heterocycles. The molecule has 0 spiro atoms. The van der Waals surface area contributed by atoms with Gasteiger partial charge in [0.15, 0.2) is 9.84 Å². The largest absolute Gasteiger partial charge is 0.387 e. The smallest absolute Gasteiger partial charge is 0.152 e. The Morgan fingerprint density at radius 1 is 1.27 bits per heavy atom. The molecular formula is C10H13FO3S. The third-order valence-electron chi connectivity index (χ3n) is 2.33. The summed E-state index contributed by atoms with van der Waals surface area (Å²) in [6, 6.07) is 5.13. The van der Waals surface area contributed by atoms with E-state index < -0.39 is 27.0 Å². The van der Waals surface area contributed by atoms with Crippen LogP contribution in [0.25, 0.3) is 0 Å². The molecule has 0 fully saturated rings. The highest BCUT2D eigenvalue weighted by atomic mass is 32.2. The summed E-state index contributed by atoms with van der Waals surface area (Å²) in [6.45, 7) is 1.42. The molecule has 15 heavy (non-hydrogen) atoms. The topological polar surface area (TPSA) is 54.4 Å². The highest BCUT2D eigenvalue weighted by Crippen LogP contribution is 2.21. The zero-order valence-corrected chi connectivity index (χ0v) is 9.33. The second-order valence-corrected chi connectivity index (χ2v) is 5.93. The molecule has 5 heteroatoms. The minimum atomic E-state index is -3.30. The predicted octanol–water partition coefficient (Wildman–Crippen LogP) is 1.29. The van der Waals surface area contributed by atoms with Crippen LogP contribution in [0.5, 0.6) is 0 Å². The maximum Gasteiger partial charge on any atom is 0.152 e. The van der Waals surface area contributed by atoms with Crippen LogP contribution in [0.4, 0.5) is 4.39 Å². The predicted molar refractivity (Wildman–Crippen MR) is 55.7 cm³/mol. The Kier molecular flexibility index (Phi) is 3.46. The number of rotatable bonds is 3. The van der Waals surface area contributed by atoms with Crippen molar-refractivity contribution < 1.29 is 17.9 Å². The Labute approximate surface area is 88.5 Å². The number of sulfone groups is 1. The summed E-state index contributed by atoms with van der Waals surface area (Å²) in [4.78, 5) is 0. The summed E-state index contributed by atoms with van der Waals surface area (Å²) in [5.41, 5.74) is 0.398. The number of aliphatic hydroxyl groups is 1. The number of hydrogen-bond donors (Lipinski definition) is 1. The van der Waals surface area contributed by atoms with E-state index in [0.717, 1.165) is 6.26 Å². The molecule has 1 aromatic rings. The van der Waals surface area contributed by atoms with Gasteiger partial charge in [-0.1, -0.05) is 12.1 Å². The van der Waals surface area contributed by atoms with Crippen molar-refractivity contribution in [3.8, 4) is 0 Å². The Balaban J connectivity index is 2.95. The highest BCUT2D eigenvalue weighted by Gasteiger charge is 2.25. The van der Waals surface area contributed by atoms with Crippen molar-refractivity contribution in [1.29, 1.82) is 0 Å². The van der Waals surface area contributed by atoms with E-state index in [1.165, 1.54) is 31.2 Å². The lowest BCUT2D eigenvalue weighted by molar-refractivity contribution is 0.176. The first-order chi connectivity index (χ1) is 6.82. The van der Waals surface area contributed by atoms with E-state index in [-0.39, 0.29) is 0 Å². The van der Waals surface area contributed by atoms with Crippen molar-refractivity contribution in [2.45, 2.75) is 18.3 Å². The molecule has 0 radical (unpaired) electrons. The fourth-order valence-corrected chi connectivity index (χ4v) is 1.79. The summed E-state index contributed by atoms with van der Waals surface area (Å²) in [7, 11) is -3.30. The van der Waals surface area contributed by atoms with Gasteiger partial charge in [0.25, 0.3) is 0 Å². The van der Waals surface area contributed by atoms with E-state index >= 15 is 0 Å². The maximum atomic E-state index is 12.6. The molecule has 0 unspecified atom stereocenters. The second kappa shape index (κ2) is 4.28. The molecule has 0 aliphatic rings. The van der Waals surface area contributed by atoms with Gasteiger partial charge in [0, 0.05) is 6.26 Å². The first-order valence-electron chi connectivity index (χ1n) is 4.45. The lowest BCUT2D eigenvalue weighted by Crippen LogP contribution is -2.24. The molecule has 2 atom stereocenters. The molecule has 0 saturated heterocycles. The van der Waals surface area contributed by atoms with Crippen molar-refractivity contribution in [2.24, 2.45) is 0 Å². The van der Waals surface area contributed by atoms with Crippen LogP contribution < -0.4 is 0 Å². The van der Waals surface area contributed by atoms with Crippen molar-refractivity contribution in [3.63, 3.8) is 0 Å². The molecule has 0 aliphatic carbocycles. The van der Waals surface area contributed by atoms with Crippen LogP contribution in [0.15, 0.2) is 24.3 Å². The zero-order chi connectivity index (χ0) is 11.6. The molecule has 1 N–H and O–H groups in total. The first-order valence-corrected chi connectivity index (χ1v) is 6.40. The van der Waals surface area contributed by atoms with Crippen LogP contribution in [-0.4, -0.2) is 25.0 Å². The van der Waals surface area contributed by atoms with Gasteiger partial charge in [-0.15, -0.1) is 0 Å². The normalized spacial score (nSPS) is 16.0. The third-order valence-corrected chi connectivity index (χ3v) is 3.94.